The summed E-state index contributed by atoms with van der Waals surface area (Å²) in [5.41, 5.74) is 2.80. The molecule has 6 heteroatoms. The minimum absolute atomic E-state index is 0.327. The lowest BCUT2D eigenvalue weighted by Crippen LogP contribution is -2.18. The van der Waals surface area contributed by atoms with Gasteiger partial charge in [-0.1, -0.05) is 0 Å². The van der Waals surface area contributed by atoms with E-state index in [9.17, 15) is 4.79 Å². The van der Waals surface area contributed by atoms with Gasteiger partial charge in [-0.25, -0.2) is 5.43 Å². The third-order valence-electron chi connectivity index (χ3n) is 1.95. The highest BCUT2D eigenvalue weighted by atomic mass is 16.6. The van der Waals surface area contributed by atoms with E-state index in [4.69, 9.17) is 9.47 Å². The number of hydrogen-bond acceptors (Lipinski definition) is 5. The molecule has 0 saturated carbocycles. The second kappa shape index (κ2) is 5.64. The molecule has 0 unspecified atom stereocenters. The lowest BCUT2D eigenvalue weighted by Gasteiger charge is -2.11. The first-order valence-corrected chi connectivity index (χ1v) is 5.04. The first-order valence-electron chi connectivity index (χ1n) is 5.04. The lowest BCUT2D eigenvalue weighted by molar-refractivity contribution is 0.0945. The van der Waals surface area contributed by atoms with Crippen molar-refractivity contribution in [3.8, 4) is 0 Å². The van der Waals surface area contributed by atoms with E-state index in [-0.39, 0.29) is 5.91 Å². The van der Waals surface area contributed by atoms with Gasteiger partial charge in [0.15, 0.2) is 5.76 Å². The van der Waals surface area contributed by atoms with Crippen LogP contribution in [0.3, 0.4) is 0 Å². The molecule has 1 aromatic heterocycles. The summed E-state index contributed by atoms with van der Waals surface area (Å²) >= 11 is 0. The Bertz CT molecular complexity index is 443. The number of hydrogen-bond donors (Lipinski definition) is 1. The van der Waals surface area contributed by atoms with E-state index in [1.807, 2.05) is 0 Å². The average Bonchev–Trinajstić information content (AvgIpc) is 2.41. The molecule has 0 aromatic carbocycles. The van der Waals surface area contributed by atoms with Gasteiger partial charge in [0.2, 0.25) is 0 Å². The zero-order valence-corrected chi connectivity index (χ0v) is 9.00. The highest BCUT2D eigenvalue weighted by Gasteiger charge is 2.04. The molecule has 0 fully saturated rings. The van der Waals surface area contributed by atoms with E-state index in [1.165, 1.54) is 18.7 Å². The topological polar surface area (TPSA) is 72.8 Å². The van der Waals surface area contributed by atoms with Gasteiger partial charge >= 0.3 is 0 Å². The van der Waals surface area contributed by atoms with Gasteiger partial charge in [-0.2, -0.15) is 5.10 Å². The number of nitrogens with zero attached hydrogens (tertiary/aromatic N) is 2. The Hall–Kier alpha value is -2.37. The third-order valence-corrected chi connectivity index (χ3v) is 1.95. The lowest BCUT2D eigenvalue weighted by atomic mass is 10.3. The summed E-state index contributed by atoms with van der Waals surface area (Å²) < 4.78 is 10.2. The first-order chi connectivity index (χ1) is 8.36. The Morgan fingerprint density at radius 2 is 2.47 bits per heavy atom. The number of amides is 1. The SMILES string of the molecule is O=C(N/N=C/C1=COCCO1)c1cccnc1. The molecule has 0 spiro atoms. The first kappa shape index (κ1) is 11.1. The van der Waals surface area contributed by atoms with Crippen molar-refractivity contribution < 1.29 is 14.3 Å². The fourth-order valence-corrected chi connectivity index (χ4v) is 1.17. The fourth-order valence-electron chi connectivity index (χ4n) is 1.17. The molecule has 88 valence electrons. The highest BCUT2D eigenvalue weighted by molar-refractivity contribution is 5.94. The summed E-state index contributed by atoms with van der Waals surface area (Å²) in [4.78, 5) is 15.4. The molecule has 0 saturated heterocycles. The standard InChI is InChI=1S/C11H11N3O3/c15-11(9-2-1-3-12-6-9)14-13-7-10-8-16-4-5-17-10/h1-3,6-8H,4-5H2,(H,14,15)/b13-7+. The van der Waals surface area contributed by atoms with Crippen LogP contribution < -0.4 is 5.43 Å². The molecule has 0 atom stereocenters. The van der Waals surface area contributed by atoms with Crippen molar-refractivity contribution in [2.24, 2.45) is 5.10 Å². The van der Waals surface area contributed by atoms with Crippen molar-refractivity contribution in [1.29, 1.82) is 0 Å². The third kappa shape index (κ3) is 3.30. The highest BCUT2D eigenvalue weighted by Crippen LogP contribution is 2.00. The maximum atomic E-state index is 11.5. The zero-order valence-electron chi connectivity index (χ0n) is 9.00. The number of rotatable bonds is 3. The van der Waals surface area contributed by atoms with Crippen molar-refractivity contribution in [2.45, 2.75) is 0 Å². The van der Waals surface area contributed by atoms with Crippen LogP contribution in [0.5, 0.6) is 0 Å². The molecular weight excluding hydrogens is 222 g/mol. The van der Waals surface area contributed by atoms with Crippen LogP contribution in [-0.4, -0.2) is 30.3 Å². The molecule has 1 amide bonds. The maximum absolute atomic E-state index is 11.5. The van der Waals surface area contributed by atoms with Crippen LogP contribution in [0, 0.1) is 0 Å². The van der Waals surface area contributed by atoms with E-state index < -0.39 is 0 Å². The smallest absolute Gasteiger partial charge is 0.272 e. The monoisotopic (exact) mass is 233 g/mol. The van der Waals surface area contributed by atoms with Gasteiger partial charge in [0.25, 0.3) is 5.91 Å². The molecule has 1 aliphatic heterocycles. The van der Waals surface area contributed by atoms with E-state index in [1.54, 1.807) is 18.3 Å². The Balaban J connectivity index is 1.88. The van der Waals surface area contributed by atoms with Crippen molar-refractivity contribution in [3.05, 3.63) is 42.1 Å². The van der Waals surface area contributed by atoms with E-state index >= 15 is 0 Å². The molecule has 1 N–H and O–H groups in total. The molecule has 0 radical (unpaired) electrons. The average molecular weight is 233 g/mol. The number of pyridine rings is 1. The number of allylic oxidation sites excluding steroid dienone is 1. The Morgan fingerprint density at radius 1 is 1.53 bits per heavy atom. The summed E-state index contributed by atoms with van der Waals surface area (Å²) in [6.07, 6.45) is 5.89. The second-order valence-corrected chi connectivity index (χ2v) is 3.18. The van der Waals surface area contributed by atoms with E-state index in [2.05, 4.69) is 15.5 Å². The molecule has 2 rings (SSSR count). The minimum Gasteiger partial charge on any atom is -0.494 e. The minimum atomic E-state index is -0.327. The zero-order chi connectivity index (χ0) is 11.9. The van der Waals surface area contributed by atoms with Gasteiger partial charge in [0.1, 0.15) is 19.5 Å². The Morgan fingerprint density at radius 3 is 3.18 bits per heavy atom. The maximum Gasteiger partial charge on any atom is 0.272 e. The van der Waals surface area contributed by atoms with Crippen LogP contribution in [0.1, 0.15) is 10.4 Å². The predicted molar refractivity (Wildman–Crippen MR) is 60.2 cm³/mol. The second-order valence-electron chi connectivity index (χ2n) is 3.18. The quantitative estimate of drug-likeness (QED) is 0.615. The van der Waals surface area contributed by atoms with Crippen LogP contribution in [0.15, 0.2) is 41.6 Å². The van der Waals surface area contributed by atoms with Crippen molar-refractivity contribution in [3.63, 3.8) is 0 Å². The van der Waals surface area contributed by atoms with Gasteiger partial charge in [-0.05, 0) is 12.1 Å². The van der Waals surface area contributed by atoms with Crippen LogP contribution in [0.25, 0.3) is 0 Å². The number of aromatic nitrogens is 1. The van der Waals surface area contributed by atoms with Gasteiger partial charge in [-0.15, -0.1) is 0 Å². The van der Waals surface area contributed by atoms with Crippen molar-refractivity contribution in [1.82, 2.24) is 10.4 Å². The molecule has 6 nitrogen and oxygen atoms in total. The molecular formula is C11H11N3O3. The Kier molecular flexibility index (Phi) is 3.69. The molecule has 17 heavy (non-hydrogen) atoms. The predicted octanol–water partition coefficient (Wildman–Crippen LogP) is 0.685. The van der Waals surface area contributed by atoms with E-state index in [0.717, 1.165) is 0 Å². The number of nitrogens with one attached hydrogen (secondary N) is 1. The number of ether oxygens (including phenoxy) is 2. The molecule has 0 aliphatic carbocycles. The van der Waals surface area contributed by atoms with Crippen LogP contribution in [0.4, 0.5) is 0 Å². The van der Waals surface area contributed by atoms with Gasteiger partial charge in [0.05, 0.1) is 11.8 Å². The molecule has 0 bridgehead atoms. The normalized spacial score (nSPS) is 14.7. The largest absolute Gasteiger partial charge is 0.494 e. The van der Waals surface area contributed by atoms with Crippen molar-refractivity contribution >= 4 is 12.1 Å². The fraction of sp³-hybridized carbons (Fsp3) is 0.182. The van der Waals surface area contributed by atoms with Gasteiger partial charge in [0, 0.05) is 12.4 Å². The summed E-state index contributed by atoms with van der Waals surface area (Å²) in [7, 11) is 0. The summed E-state index contributed by atoms with van der Waals surface area (Å²) in [5, 5.41) is 3.75. The van der Waals surface area contributed by atoms with Crippen LogP contribution in [0.2, 0.25) is 0 Å². The summed E-state index contributed by atoms with van der Waals surface area (Å²) in [6.45, 7) is 1.01. The summed E-state index contributed by atoms with van der Waals surface area (Å²) in [5.74, 6) is 0.148. The molecule has 1 aromatic rings. The van der Waals surface area contributed by atoms with E-state index in [0.29, 0.717) is 24.5 Å². The number of carbonyl (C=O) groups excluding carboxylic acids is 1. The molecule has 1 aliphatic rings. The van der Waals surface area contributed by atoms with Crippen LogP contribution >= 0.6 is 0 Å². The van der Waals surface area contributed by atoms with Gasteiger partial charge < -0.3 is 9.47 Å². The molecule has 2 heterocycles. The van der Waals surface area contributed by atoms with Crippen LogP contribution in [-0.2, 0) is 9.47 Å². The van der Waals surface area contributed by atoms with Gasteiger partial charge in [-0.3, -0.25) is 9.78 Å². The number of carbonyl (C=O) groups is 1. The Labute approximate surface area is 97.9 Å². The summed E-state index contributed by atoms with van der Waals surface area (Å²) in [6, 6.07) is 3.33. The number of hydrazone groups is 1. The van der Waals surface area contributed by atoms with Crippen molar-refractivity contribution in [2.75, 3.05) is 13.2 Å².